The average molecular weight is 498 g/mol. The van der Waals surface area contributed by atoms with E-state index in [1.165, 1.54) is 17.5 Å². The lowest BCUT2D eigenvalue weighted by Crippen LogP contribution is -2.48. The number of aromatic amines is 1. The molecular weight excluding hydrogens is 462 g/mol. The summed E-state index contributed by atoms with van der Waals surface area (Å²) in [6.45, 7) is 2.49. The number of H-pyrrole nitrogens is 1. The van der Waals surface area contributed by atoms with Crippen molar-refractivity contribution < 1.29 is 14.0 Å². The third kappa shape index (κ3) is 5.79. The number of hydrogen-bond acceptors (Lipinski definition) is 3. The predicted octanol–water partition coefficient (Wildman–Crippen LogP) is 5.87. The molecule has 1 atom stereocenters. The average Bonchev–Trinajstić information content (AvgIpc) is 3.58. The van der Waals surface area contributed by atoms with Crippen molar-refractivity contribution in [2.45, 2.75) is 64.0 Å². The van der Waals surface area contributed by atoms with Crippen LogP contribution in [0.25, 0.3) is 10.9 Å². The largest absolute Gasteiger partial charge is 0.467 e. The highest BCUT2D eigenvalue weighted by atomic mass is 16.3. The van der Waals surface area contributed by atoms with Gasteiger partial charge in [-0.15, -0.1) is 0 Å². The van der Waals surface area contributed by atoms with Crippen LogP contribution < -0.4 is 5.32 Å². The van der Waals surface area contributed by atoms with Crippen LogP contribution in [0.15, 0.2) is 77.5 Å². The van der Waals surface area contributed by atoms with Crippen LogP contribution in [0.5, 0.6) is 0 Å². The Bertz CT molecular complexity index is 1330. The molecule has 1 saturated carbocycles. The van der Waals surface area contributed by atoms with Gasteiger partial charge in [0, 0.05) is 29.7 Å². The van der Waals surface area contributed by atoms with E-state index >= 15 is 0 Å². The molecule has 0 unspecified atom stereocenters. The van der Waals surface area contributed by atoms with Gasteiger partial charge in [0.2, 0.25) is 5.91 Å². The zero-order valence-electron chi connectivity index (χ0n) is 21.4. The molecule has 1 fully saturated rings. The summed E-state index contributed by atoms with van der Waals surface area (Å²) in [7, 11) is 0. The van der Waals surface area contributed by atoms with Gasteiger partial charge in [-0.1, -0.05) is 61.7 Å². The summed E-state index contributed by atoms with van der Waals surface area (Å²) < 4.78 is 5.76. The minimum absolute atomic E-state index is 0.0986. The number of carbonyl (C=O) groups is 2. The number of carbonyl (C=O) groups excluding carboxylic acids is 2. The van der Waals surface area contributed by atoms with Gasteiger partial charge in [-0.25, -0.2) is 0 Å². The standard InChI is InChI=1S/C31H35N3O3/c1-22-10-5-6-11-23(22)17-18-34(29(35)20-24-21-32-27-15-8-7-14-26(24)27)30(28-16-9-19-37-28)31(36)33-25-12-3-2-4-13-25/h5-11,14-16,19,21,25,30,32H,2-4,12-13,17-18,20H2,1H3,(H,33,36)/t30-/m1/s1. The number of hydrogen-bond donors (Lipinski definition) is 2. The first-order valence-corrected chi connectivity index (χ1v) is 13.3. The highest BCUT2D eigenvalue weighted by Gasteiger charge is 2.35. The van der Waals surface area contributed by atoms with Gasteiger partial charge >= 0.3 is 0 Å². The fourth-order valence-corrected chi connectivity index (χ4v) is 5.47. The molecule has 0 aliphatic heterocycles. The first-order chi connectivity index (χ1) is 18.1. The molecule has 1 aliphatic rings. The minimum atomic E-state index is -0.821. The van der Waals surface area contributed by atoms with Crippen LogP contribution >= 0.6 is 0 Å². The number of furan rings is 1. The SMILES string of the molecule is Cc1ccccc1CCN(C(=O)Cc1c[nH]c2ccccc12)[C@@H](C(=O)NC1CCCCC1)c1ccco1. The van der Waals surface area contributed by atoms with Gasteiger partial charge in [0.15, 0.2) is 6.04 Å². The third-order valence-corrected chi connectivity index (χ3v) is 7.54. The quantitative estimate of drug-likeness (QED) is 0.303. The number of benzene rings is 2. The van der Waals surface area contributed by atoms with E-state index < -0.39 is 6.04 Å². The van der Waals surface area contributed by atoms with E-state index in [4.69, 9.17) is 4.42 Å². The van der Waals surface area contributed by atoms with E-state index in [0.29, 0.717) is 18.7 Å². The molecule has 6 nitrogen and oxygen atoms in total. The number of amides is 2. The molecule has 1 aliphatic carbocycles. The van der Waals surface area contributed by atoms with Crippen molar-refractivity contribution in [3.63, 3.8) is 0 Å². The number of fused-ring (bicyclic) bond motifs is 1. The molecule has 4 aromatic rings. The number of nitrogens with one attached hydrogen (secondary N) is 2. The van der Waals surface area contributed by atoms with E-state index in [1.54, 1.807) is 23.3 Å². The van der Waals surface area contributed by atoms with Gasteiger partial charge in [0.25, 0.3) is 5.91 Å². The molecule has 0 radical (unpaired) electrons. The Kier molecular flexibility index (Phi) is 7.73. The van der Waals surface area contributed by atoms with Crippen LogP contribution in [0, 0.1) is 6.92 Å². The fraction of sp³-hybridized carbons (Fsp3) is 0.355. The number of para-hydroxylation sites is 1. The fourth-order valence-electron chi connectivity index (χ4n) is 5.47. The number of rotatable bonds is 9. The van der Waals surface area contributed by atoms with Crippen molar-refractivity contribution in [2.24, 2.45) is 0 Å². The maximum absolute atomic E-state index is 14.0. The van der Waals surface area contributed by atoms with Crippen molar-refractivity contribution in [1.82, 2.24) is 15.2 Å². The van der Waals surface area contributed by atoms with Crippen LogP contribution in [0.4, 0.5) is 0 Å². The summed E-state index contributed by atoms with van der Waals surface area (Å²) in [4.78, 5) is 32.7. The molecule has 0 spiro atoms. The molecule has 0 bridgehead atoms. The Morgan fingerprint density at radius 3 is 2.57 bits per heavy atom. The summed E-state index contributed by atoms with van der Waals surface area (Å²) in [5.41, 5.74) is 4.26. The first kappa shape index (κ1) is 24.9. The van der Waals surface area contributed by atoms with Crippen molar-refractivity contribution >= 4 is 22.7 Å². The highest BCUT2D eigenvalue weighted by Crippen LogP contribution is 2.27. The van der Waals surface area contributed by atoms with E-state index in [1.807, 2.05) is 42.6 Å². The molecule has 2 heterocycles. The maximum Gasteiger partial charge on any atom is 0.250 e. The Hall–Kier alpha value is -3.80. The smallest absolute Gasteiger partial charge is 0.250 e. The Labute approximate surface area is 218 Å². The number of nitrogens with zero attached hydrogens (tertiary/aromatic N) is 1. The van der Waals surface area contributed by atoms with Gasteiger partial charge in [-0.2, -0.15) is 0 Å². The second-order valence-corrected chi connectivity index (χ2v) is 10.1. The molecule has 0 saturated heterocycles. The second kappa shape index (κ2) is 11.5. The molecule has 5 rings (SSSR count). The molecule has 6 heteroatoms. The Morgan fingerprint density at radius 1 is 1.00 bits per heavy atom. The van der Waals surface area contributed by atoms with Crippen LogP contribution in [-0.2, 0) is 22.4 Å². The van der Waals surface area contributed by atoms with Crippen LogP contribution in [0.2, 0.25) is 0 Å². The van der Waals surface area contributed by atoms with Crippen LogP contribution in [0.1, 0.15) is 60.6 Å². The third-order valence-electron chi connectivity index (χ3n) is 7.54. The van der Waals surface area contributed by atoms with E-state index in [9.17, 15) is 9.59 Å². The van der Waals surface area contributed by atoms with E-state index in [-0.39, 0.29) is 24.3 Å². The number of aromatic nitrogens is 1. The van der Waals surface area contributed by atoms with Gasteiger partial charge in [-0.3, -0.25) is 9.59 Å². The lowest BCUT2D eigenvalue weighted by molar-refractivity contribution is -0.141. The van der Waals surface area contributed by atoms with Crippen LogP contribution in [0.3, 0.4) is 0 Å². The summed E-state index contributed by atoms with van der Waals surface area (Å²) in [5.74, 6) is 0.225. The zero-order chi connectivity index (χ0) is 25.6. The molecular formula is C31H35N3O3. The summed E-state index contributed by atoms with van der Waals surface area (Å²) in [6, 6.07) is 19.1. The minimum Gasteiger partial charge on any atom is -0.467 e. The topological polar surface area (TPSA) is 78.3 Å². The Morgan fingerprint density at radius 2 is 1.78 bits per heavy atom. The Balaban J connectivity index is 1.45. The van der Waals surface area contributed by atoms with Gasteiger partial charge in [0.05, 0.1) is 12.7 Å². The van der Waals surface area contributed by atoms with Crippen LogP contribution in [-0.4, -0.2) is 34.3 Å². The van der Waals surface area contributed by atoms with E-state index in [2.05, 4.69) is 29.4 Å². The molecule has 2 aromatic carbocycles. The van der Waals surface area contributed by atoms with E-state index in [0.717, 1.165) is 42.1 Å². The summed E-state index contributed by atoms with van der Waals surface area (Å²) in [6.07, 6.45) is 9.71. The second-order valence-electron chi connectivity index (χ2n) is 10.1. The molecule has 2 amide bonds. The van der Waals surface area contributed by atoms with Gasteiger partial charge in [0.1, 0.15) is 5.76 Å². The number of aryl methyl sites for hydroxylation is 1. The zero-order valence-corrected chi connectivity index (χ0v) is 21.4. The monoisotopic (exact) mass is 497 g/mol. The molecule has 2 N–H and O–H groups in total. The predicted molar refractivity (Wildman–Crippen MR) is 145 cm³/mol. The first-order valence-electron chi connectivity index (χ1n) is 13.3. The lowest BCUT2D eigenvalue weighted by atomic mass is 9.95. The van der Waals surface area contributed by atoms with Crippen molar-refractivity contribution in [2.75, 3.05) is 6.54 Å². The molecule has 2 aromatic heterocycles. The maximum atomic E-state index is 14.0. The van der Waals surface area contributed by atoms with Crippen molar-refractivity contribution in [3.05, 3.63) is 95.6 Å². The summed E-state index contributed by atoms with van der Waals surface area (Å²) in [5, 5.41) is 4.27. The van der Waals surface area contributed by atoms with Gasteiger partial charge in [-0.05, 0) is 61.1 Å². The van der Waals surface area contributed by atoms with Gasteiger partial charge < -0.3 is 19.6 Å². The van der Waals surface area contributed by atoms with Crippen molar-refractivity contribution in [3.8, 4) is 0 Å². The van der Waals surface area contributed by atoms with Crippen molar-refractivity contribution in [1.29, 1.82) is 0 Å². The normalized spacial score (nSPS) is 14.9. The molecule has 37 heavy (non-hydrogen) atoms. The molecule has 192 valence electrons. The summed E-state index contributed by atoms with van der Waals surface area (Å²) >= 11 is 0. The lowest BCUT2D eigenvalue weighted by Gasteiger charge is -2.32. The highest BCUT2D eigenvalue weighted by molar-refractivity contribution is 5.92.